The zero-order valence-corrected chi connectivity index (χ0v) is 15.2. The first-order valence-electron chi connectivity index (χ1n) is 7.93. The average Bonchev–Trinajstić information content (AvgIpc) is 2.99. The smallest absolute Gasteiger partial charge is 0.237 e. The van der Waals surface area contributed by atoms with Gasteiger partial charge in [-0.2, -0.15) is 0 Å². The van der Waals surface area contributed by atoms with Gasteiger partial charge in [0.15, 0.2) is 22.6 Å². The molecule has 0 saturated carbocycles. The number of thioether (sulfide) groups is 1. The molecule has 0 aliphatic rings. The van der Waals surface area contributed by atoms with Gasteiger partial charge < -0.3 is 9.88 Å². The molecule has 1 aromatic heterocycles. The zero-order chi connectivity index (χ0) is 19.6. The number of halogens is 3. The summed E-state index contributed by atoms with van der Waals surface area (Å²) in [6.45, 7) is 1.66. The molecule has 1 N–H and O–H groups in total. The van der Waals surface area contributed by atoms with Gasteiger partial charge in [-0.25, -0.2) is 13.2 Å². The Kier molecular flexibility index (Phi) is 5.50. The standard InChI is InChI=1S/C18H15F3N4OS/c1-10(17(26)22-13-7-8-14(20)15(21)9-13)27-18-24-23-16(25(18)2)11-3-5-12(19)6-4-11/h3-10H,1-2H3,(H,22,26)/t10-/m1/s1. The van der Waals surface area contributed by atoms with E-state index in [9.17, 15) is 18.0 Å². The van der Waals surface area contributed by atoms with E-state index >= 15 is 0 Å². The van der Waals surface area contributed by atoms with Gasteiger partial charge in [0.05, 0.1) is 5.25 Å². The largest absolute Gasteiger partial charge is 0.325 e. The van der Waals surface area contributed by atoms with Crippen LogP contribution in [0.3, 0.4) is 0 Å². The van der Waals surface area contributed by atoms with Crippen molar-refractivity contribution in [2.24, 2.45) is 7.05 Å². The van der Waals surface area contributed by atoms with E-state index < -0.39 is 22.8 Å². The Labute approximate surface area is 157 Å². The monoisotopic (exact) mass is 392 g/mol. The van der Waals surface area contributed by atoms with E-state index in [4.69, 9.17) is 0 Å². The van der Waals surface area contributed by atoms with Crippen LogP contribution in [-0.4, -0.2) is 25.9 Å². The second-order valence-corrected chi connectivity index (χ2v) is 7.06. The number of carbonyl (C=O) groups is 1. The maximum Gasteiger partial charge on any atom is 0.237 e. The van der Waals surface area contributed by atoms with Gasteiger partial charge in [-0.15, -0.1) is 10.2 Å². The van der Waals surface area contributed by atoms with Gasteiger partial charge in [-0.1, -0.05) is 11.8 Å². The van der Waals surface area contributed by atoms with Gasteiger partial charge in [0, 0.05) is 24.4 Å². The van der Waals surface area contributed by atoms with Crippen molar-refractivity contribution in [3.8, 4) is 11.4 Å². The molecule has 3 rings (SSSR count). The van der Waals surface area contributed by atoms with E-state index in [-0.39, 0.29) is 11.5 Å². The van der Waals surface area contributed by atoms with Crippen molar-refractivity contribution < 1.29 is 18.0 Å². The van der Waals surface area contributed by atoms with Crippen molar-refractivity contribution in [2.45, 2.75) is 17.3 Å². The highest BCUT2D eigenvalue weighted by Crippen LogP contribution is 2.26. The molecule has 140 valence electrons. The van der Waals surface area contributed by atoms with Gasteiger partial charge >= 0.3 is 0 Å². The molecule has 3 aromatic rings. The molecule has 9 heteroatoms. The van der Waals surface area contributed by atoms with Crippen molar-refractivity contribution in [3.05, 3.63) is 59.9 Å². The first kappa shape index (κ1) is 19.0. The number of benzene rings is 2. The maximum atomic E-state index is 13.2. The summed E-state index contributed by atoms with van der Waals surface area (Å²) in [5.74, 6) is -2.23. The highest BCUT2D eigenvalue weighted by atomic mass is 32.2. The lowest BCUT2D eigenvalue weighted by Gasteiger charge is -2.12. The molecular weight excluding hydrogens is 377 g/mol. The molecule has 27 heavy (non-hydrogen) atoms. The SMILES string of the molecule is C[C@@H](Sc1nnc(-c2ccc(F)cc2)n1C)C(=O)Nc1ccc(F)c(F)c1. The number of aromatic nitrogens is 3. The summed E-state index contributed by atoms with van der Waals surface area (Å²) in [7, 11) is 1.74. The second kappa shape index (κ2) is 7.83. The number of nitrogens with zero attached hydrogens (tertiary/aromatic N) is 3. The van der Waals surface area contributed by atoms with Crippen LogP contribution in [0.4, 0.5) is 18.9 Å². The van der Waals surface area contributed by atoms with Gasteiger partial charge in [-0.05, 0) is 43.3 Å². The lowest BCUT2D eigenvalue weighted by atomic mass is 10.2. The third-order valence-corrected chi connectivity index (χ3v) is 4.91. The molecule has 0 spiro atoms. The predicted octanol–water partition coefficient (Wildman–Crippen LogP) is 4.02. The Morgan fingerprint density at radius 2 is 1.78 bits per heavy atom. The number of nitrogens with one attached hydrogen (secondary N) is 1. The van der Waals surface area contributed by atoms with E-state index in [0.29, 0.717) is 16.5 Å². The highest BCUT2D eigenvalue weighted by molar-refractivity contribution is 8.00. The van der Waals surface area contributed by atoms with Crippen molar-refractivity contribution in [1.29, 1.82) is 0 Å². The number of hydrogen-bond acceptors (Lipinski definition) is 4. The molecule has 0 unspecified atom stereocenters. The Hall–Kier alpha value is -2.81. The zero-order valence-electron chi connectivity index (χ0n) is 14.4. The van der Waals surface area contributed by atoms with Gasteiger partial charge in [-0.3, -0.25) is 4.79 Å². The number of rotatable bonds is 5. The average molecular weight is 392 g/mol. The Balaban J connectivity index is 1.70. The number of carbonyl (C=O) groups excluding carboxylic acids is 1. The van der Waals surface area contributed by atoms with Crippen molar-refractivity contribution in [3.63, 3.8) is 0 Å². The fourth-order valence-corrected chi connectivity index (χ4v) is 3.11. The molecule has 0 fully saturated rings. The van der Waals surface area contributed by atoms with E-state index in [1.54, 1.807) is 30.7 Å². The lowest BCUT2D eigenvalue weighted by Crippen LogP contribution is -2.23. The van der Waals surface area contributed by atoms with Crippen LogP contribution in [0.25, 0.3) is 11.4 Å². The topological polar surface area (TPSA) is 59.8 Å². The molecule has 1 heterocycles. The molecule has 0 aliphatic heterocycles. The molecular formula is C18H15F3N4OS. The molecule has 0 saturated heterocycles. The van der Waals surface area contributed by atoms with Crippen molar-refractivity contribution in [2.75, 3.05) is 5.32 Å². The molecule has 0 aliphatic carbocycles. The lowest BCUT2D eigenvalue weighted by molar-refractivity contribution is -0.115. The van der Waals surface area contributed by atoms with Crippen LogP contribution in [0.1, 0.15) is 6.92 Å². The van der Waals surface area contributed by atoms with Crippen molar-refractivity contribution >= 4 is 23.4 Å². The molecule has 5 nitrogen and oxygen atoms in total. The van der Waals surface area contributed by atoms with Crippen LogP contribution in [0.2, 0.25) is 0 Å². The van der Waals surface area contributed by atoms with Crippen LogP contribution in [-0.2, 0) is 11.8 Å². The Bertz CT molecular complexity index is 975. The molecule has 1 atom stereocenters. The first-order chi connectivity index (χ1) is 12.8. The second-order valence-electron chi connectivity index (χ2n) is 5.75. The quantitative estimate of drug-likeness (QED) is 0.667. The minimum Gasteiger partial charge on any atom is -0.325 e. The van der Waals surface area contributed by atoms with E-state index in [2.05, 4.69) is 15.5 Å². The Morgan fingerprint density at radius 1 is 1.07 bits per heavy atom. The third kappa shape index (κ3) is 4.30. The van der Waals surface area contributed by atoms with E-state index in [1.807, 2.05) is 0 Å². The summed E-state index contributed by atoms with van der Waals surface area (Å²) in [6, 6.07) is 8.98. The third-order valence-electron chi connectivity index (χ3n) is 3.78. The van der Waals surface area contributed by atoms with E-state index in [1.165, 1.54) is 18.2 Å². The van der Waals surface area contributed by atoms with Crippen LogP contribution < -0.4 is 5.32 Å². The number of amides is 1. The summed E-state index contributed by atoms with van der Waals surface area (Å²) >= 11 is 1.16. The van der Waals surface area contributed by atoms with Gasteiger partial charge in [0.2, 0.25) is 5.91 Å². The summed E-state index contributed by atoms with van der Waals surface area (Å²) in [6.07, 6.45) is 0. The fourth-order valence-electron chi connectivity index (χ4n) is 2.30. The summed E-state index contributed by atoms with van der Waals surface area (Å²) in [4.78, 5) is 12.3. The van der Waals surface area contributed by atoms with Gasteiger partial charge in [0.1, 0.15) is 5.82 Å². The Morgan fingerprint density at radius 3 is 2.44 bits per heavy atom. The number of hydrogen-bond donors (Lipinski definition) is 1. The number of anilines is 1. The maximum absolute atomic E-state index is 13.2. The molecule has 0 radical (unpaired) electrons. The minimum absolute atomic E-state index is 0.163. The van der Waals surface area contributed by atoms with Crippen molar-refractivity contribution in [1.82, 2.24) is 14.8 Å². The summed E-state index contributed by atoms with van der Waals surface area (Å²) in [5.41, 5.74) is 0.855. The normalized spacial score (nSPS) is 12.0. The highest BCUT2D eigenvalue weighted by Gasteiger charge is 2.20. The van der Waals surface area contributed by atoms with Crippen LogP contribution in [0, 0.1) is 17.5 Å². The van der Waals surface area contributed by atoms with Crippen LogP contribution in [0.5, 0.6) is 0 Å². The molecule has 2 aromatic carbocycles. The predicted molar refractivity (Wildman–Crippen MR) is 96.7 cm³/mol. The van der Waals surface area contributed by atoms with Crippen LogP contribution >= 0.6 is 11.8 Å². The summed E-state index contributed by atoms with van der Waals surface area (Å²) < 4.78 is 41.0. The van der Waals surface area contributed by atoms with Crippen LogP contribution in [0.15, 0.2) is 47.6 Å². The minimum atomic E-state index is -1.04. The first-order valence-corrected chi connectivity index (χ1v) is 8.81. The summed E-state index contributed by atoms with van der Waals surface area (Å²) in [5, 5.41) is 10.6. The van der Waals surface area contributed by atoms with E-state index in [0.717, 1.165) is 23.9 Å². The fraction of sp³-hybridized carbons (Fsp3) is 0.167. The van der Waals surface area contributed by atoms with Gasteiger partial charge in [0.25, 0.3) is 0 Å². The molecule has 0 bridgehead atoms. The molecule has 1 amide bonds.